The molecule has 7 nitrogen and oxygen atoms in total. The van der Waals surface area contributed by atoms with Crippen LogP contribution >= 0.6 is 0 Å². The standard InChI is InChI=1S/C29H35N3O4S/c1-4-36-25-13-15-26(16-14-25)37(34,35)30-27(21-24-10-6-5-7-11-24)29(33)32-19-17-31(18-20-32)28-12-8-9-22(2)23(28)3/h5-16,27,30H,4,17-21H2,1-3H3/t27-/m0/s1. The maximum Gasteiger partial charge on any atom is 0.241 e. The van der Waals surface area contributed by atoms with Crippen LogP contribution in [-0.4, -0.2) is 58.1 Å². The van der Waals surface area contributed by atoms with Gasteiger partial charge in [-0.3, -0.25) is 4.79 Å². The minimum absolute atomic E-state index is 0.0987. The second-order valence-corrected chi connectivity index (χ2v) is 11.0. The van der Waals surface area contributed by atoms with Gasteiger partial charge in [0.15, 0.2) is 0 Å². The van der Waals surface area contributed by atoms with Crippen LogP contribution in [-0.2, 0) is 21.2 Å². The summed E-state index contributed by atoms with van der Waals surface area (Å²) in [5.41, 5.74) is 4.56. The number of carbonyl (C=O) groups is 1. The number of aryl methyl sites for hydroxylation is 1. The molecule has 0 radical (unpaired) electrons. The molecule has 0 spiro atoms. The molecule has 0 bridgehead atoms. The summed E-state index contributed by atoms with van der Waals surface area (Å²) < 4.78 is 34.6. The van der Waals surface area contributed by atoms with Gasteiger partial charge in [0.05, 0.1) is 11.5 Å². The summed E-state index contributed by atoms with van der Waals surface area (Å²) in [6.45, 7) is 9.03. The SMILES string of the molecule is CCOc1ccc(S(=O)(=O)N[C@@H](Cc2ccccc2)C(=O)N2CCN(c3cccc(C)c3C)CC2)cc1. The molecule has 0 unspecified atom stereocenters. The Hall–Kier alpha value is -3.36. The molecule has 1 atom stereocenters. The van der Waals surface area contributed by atoms with Crippen LogP contribution in [0.5, 0.6) is 5.75 Å². The maximum absolute atomic E-state index is 13.7. The first-order chi connectivity index (χ1) is 17.8. The molecule has 0 saturated carbocycles. The van der Waals surface area contributed by atoms with Crippen molar-refractivity contribution in [3.63, 3.8) is 0 Å². The number of ether oxygens (including phenoxy) is 1. The summed E-state index contributed by atoms with van der Waals surface area (Å²) in [6.07, 6.45) is 0.271. The van der Waals surface area contributed by atoms with E-state index in [1.165, 1.54) is 28.9 Å². The molecule has 8 heteroatoms. The molecule has 1 heterocycles. The zero-order valence-electron chi connectivity index (χ0n) is 21.7. The molecule has 1 aliphatic rings. The zero-order valence-corrected chi connectivity index (χ0v) is 22.5. The van der Waals surface area contributed by atoms with Crippen LogP contribution in [0.4, 0.5) is 5.69 Å². The second-order valence-electron chi connectivity index (χ2n) is 9.30. The number of nitrogens with one attached hydrogen (secondary N) is 1. The van der Waals surface area contributed by atoms with Gasteiger partial charge in [-0.1, -0.05) is 42.5 Å². The van der Waals surface area contributed by atoms with Crippen LogP contribution in [0.2, 0.25) is 0 Å². The Labute approximate surface area is 220 Å². The van der Waals surface area contributed by atoms with Gasteiger partial charge in [0.25, 0.3) is 0 Å². The van der Waals surface area contributed by atoms with Crippen LogP contribution in [0, 0.1) is 13.8 Å². The Morgan fingerprint density at radius 1 is 0.919 bits per heavy atom. The normalized spacial score (nSPS) is 14.9. The fourth-order valence-electron chi connectivity index (χ4n) is 4.63. The average Bonchev–Trinajstić information content (AvgIpc) is 2.91. The van der Waals surface area contributed by atoms with Crippen molar-refractivity contribution in [1.29, 1.82) is 0 Å². The monoisotopic (exact) mass is 521 g/mol. The van der Waals surface area contributed by atoms with Gasteiger partial charge >= 0.3 is 0 Å². The van der Waals surface area contributed by atoms with E-state index < -0.39 is 16.1 Å². The highest BCUT2D eigenvalue weighted by atomic mass is 32.2. The number of sulfonamides is 1. The van der Waals surface area contributed by atoms with E-state index >= 15 is 0 Å². The van der Waals surface area contributed by atoms with Crippen molar-refractivity contribution in [3.05, 3.63) is 89.5 Å². The molecule has 3 aromatic carbocycles. The van der Waals surface area contributed by atoms with E-state index in [-0.39, 0.29) is 17.2 Å². The summed E-state index contributed by atoms with van der Waals surface area (Å²) in [5, 5.41) is 0. The third kappa shape index (κ3) is 6.50. The Bertz CT molecular complexity index is 1300. The Balaban J connectivity index is 1.50. The van der Waals surface area contributed by atoms with Crippen molar-refractivity contribution in [3.8, 4) is 5.75 Å². The van der Waals surface area contributed by atoms with Gasteiger partial charge in [0, 0.05) is 31.9 Å². The summed E-state index contributed by atoms with van der Waals surface area (Å²) >= 11 is 0. The summed E-state index contributed by atoms with van der Waals surface area (Å²) in [5.74, 6) is 0.388. The third-order valence-electron chi connectivity index (χ3n) is 6.83. The Kier molecular flexibility index (Phi) is 8.51. The molecule has 1 fully saturated rings. The predicted octanol–water partition coefficient (Wildman–Crippen LogP) is 3.94. The average molecular weight is 522 g/mol. The van der Waals surface area contributed by atoms with E-state index in [4.69, 9.17) is 4.74 Å². The summed E-state index contributed by atoms with van der Waals surface area (Å²) in [7, 11) is -3.92. The molecule has 1 saturated heterocycles. The molecule has 37 heavy (non-hydrogen) atoms. The maximum atomic E-state index is 13.7. The minimum Gasteiger partial charge on any atom is -0.494 e. The molecule has 1 aliphatic heterocycles. The minimum atomic E-state index is -3.92. The zero-order chi connectivity index (χ0) is 26.4. The second kappa shape index (κ2) is 11.8. The molecule has 0 aromatic heterocycles. The van der Waals surface area contributed by atoms with Crippen molar-refractivity contribution >= 4 is 21.6 Å². The highest BCUT2D eigenvalue weighted by Gasteiger charge is 2.31. The fraction of sp³-hybridized carbons (Fsp3) is 0.345. The van der Waals surface area contributed by atoms with E-state index in [1.54, 1.807) is 17.0 Å². The smallest absolute Gasteiger partial charge is 0.241 e. The van der Waals surface area contributed by atoms with E-state index in [2.05, 4.69) is 41.7 Å². The highest BCUT2D eigenvalue weighted by molar-refractivity contribution is 7.89. The largest absolute Gasteiger partial charge is 0.494 e. The third-order valence-corrected chi connectivity index (χ3v) is 8.32. The van der Waals surface area contributed by atoms with Crippen molar-refractivity contribution in [1.82, 2.24) is 9.62 Å². The van der Waals surface area contributed by atoms with Crippen molar-refractivity contribution in [2.24, 2.45) is 0 Å². The van der Waals surface area contributed by atoms with E-state index in [1.807, 2.05) is 37.3 Å². The van der Waals surface area contributed by atoms with E-state index in [0.29, 0.717) is 38.5 Å². The van der Waals surface area contributed by atoms with Gasteiger partial charge in [-0.2, -0.15) is 4.72 Å². The van der Waals surface area contributed by atoms with Crippen molar-refractivity contribution in [2.75, 3.05) is 37.7 Å². The Morgan fingerprint density at radius 2 is 1.59 bits per heavy atom. The molecule has 0 aliphatic carbocycles. The molecule has 3 aromatic rings. The lowest BCUT2D eigenvalue weighted by molar-refractivity contribution is -0.133. The lowest BCUT2D eigenvalue weighted by atomic mass is 10.0. The van der Waals surface area contributed by atoms with E-state index in [9.17, 15) is 13.2 Å². The number of anilines is 1. The molecular weight excluding hydrogens is 486 g/mol. The number of hydrogen-bond acceptors (Lipinski definition) is 5. The molecular formula is C29H35N3O4S. The van der Waals surface area contributed by atoms with Crippen molar-refractivity contribution in [2.45, 2.75) is 38.1 Å². The number of nitrogens with zero attached hydrogens (tertiary/aromatic N) is 2. The molecule has 1 N–H and O–H groups in total. The number of hydrogen-bond donors (Lipinski definition) is 1. The number of piperazine rings is 1. The Morgan fingerprint density at radius 3 is 2.24 bits per heavy atom. The van der Waals surface area contributed by atoms with Gasteiger partial charge in [0.2, 0.25) is 15.9 Å². The molecule has 1 amide bonds. The van der Waals surface area contributed by atoms with Gasteiger partial charge in [-0.25, -0.2) is 8.42 Å². The van der Waals surface area contributed by atoms with Gasteiger partial charge in [-0.05, 0) is 74.2 Å². The van der Waals surface area contributed by atoms with Crippen molar-refractivity contribution < 1.29 is 17.9 Å². The van der Waals surface area contributed by atoms with E-state index in [0.717, 1.165) is 5.56 Å². The van der Waals surface area contributed by atoms with Crippen LogP contribution < -0.4 is 14.4 Å². The van der Waals surface area contributed by atoms with Gasteiger partial charge < -0.3 is 14.5 Å². The number of benzene rings is 3. The number of rotatable bonds is 9. The highest BCUT2D eigenvalue weighted by Crippen LogP contribution is 2.24. The lowest BCUT2D eigenvalue weighted by Gasteiger charge is -2.38. The van der Waals surface area contributed by atoms with Gasteiger partial charge in [-0.15, -0.1) is 0 Å². The fourth-order valence-corrected chi connectivity index (χ4v) is 5.82. The first-order valence-electron chi connectivity index (χ1n) is 12.7. The molecule has 4 rings (SSSR count). The topological polar surface area (TPSA) is 78.9 Å². The van der Waals surface area contributed by atoms with Crippen LogP contribution in [0.1, 0.15) is 23.6 Å². The number of carbonyl (C=O) groups excluding carboxylic acids is 1. The lowest BCUT2D eigenvalue weighted by Crippen LogP contribution is -2.55. The summed E-state index contributed by atoms with van der Waals surface area (Å²) in [6, 6.07) is 21.1. The number of amides is 1. The quantitative estimate of drug-likeness (QED) is 0.462. The van der Waals surface area contributed by atoms with Gasteiger partial charge in [0.1, 0.15) is 11.8 Å². The van der Waals surface area contributed by atoms with Crippen LogP contribution in [0.3, 0.4) is 0 Å². The molecule has 196 valence electrons. The van der Waals surface area contributed by atoms with Crippen LogP contribution in [0.25, 0.3) is 0 Å². The summed E-state index contributed by atoms with van der Waals surface area (Å²) in [4.78, 5) is 17.8. The predicted molar refractivity (Wildman–Crippen MR) is 147 cm³/mol. The van der Waals surface area contributed by atoms with Crippen LogP contribution in [0.15, 0.2) is 77.7 Å². The first-order valence-corrected chi connectivity index (χ1v) is 14.2. The first kappa shape index (κ1) is 26.7.